The molecule has 0 aromatic carbocycles. The van der Waals surface area contributed by atoms with Crippen LogP contribution >= 0.6 is 11.8 Å². The Labute approximate surface area is 108 Å². The lowest BCUT2D eigenvalue weighted by Gasteiger charge is -2.12. The van der Waals surface area contributed by atoms with Gasteiger partial charge in [0.1, 0.15) is 11.8 Å². The average molecular weight is 263 g/mol. The third kappa shape index (κ3) is 1.94. The minimum absolute atomic E-state index is 0.0292. The molecule has 1 atom stereocenters. The molecule has 3 heterocycles. The van der Waals surface area contributed by atoms with Crippen molar-refractivity contribution in [2.45, 2.75) is 23.8 Å². The van der Waals surface area contributed by atoms with Gasteiger partial charge in [0, 0.05) is 13.1 Å². The van der Waals surface area contributed by atoms with Crippen molar-refractivity contribution in [3.63, 3.8) is 0 Å². The van der Waals surface area contributed by atoms with Crippen molar-refractivity contribution < 1.29 is 4.79 Å². The highest BCUT2D eigenvalue weighted by Gasteiger charge is 2.32. The molecule has 94 valence electrons. The van der Waals surface area contributed by atoms with E-state index >= 15 is 0 Å². The van der Waals surface area contributed by atoms with Crippen molar-refractivity contribution in [2.24, 2.45) is 0 Å². The van der Waals surface area contributed by atoms with Gasteiger partial charge in [0.05, 0.1) is 11.4 Å². The Kier molecular flexibility index (Phi) is 2.91. The normalized spacial score (nSPS) is 19.9. The van der Waals surface area contributed by atoms with Gasteiger partial charge >= 0.3 is 0 Å². The molecule has 1 saturated heterocycles. The fourth-order valence-corrected chi connectivity index (χ4v) is 3.11. The number of H-pyrrole nitrogens is 1. The monoisotopic (exact) mass is 263 g/mol. The zero-order chi connectivity index (χ0) is 12.5. The summed E-state index contributed by atoms with van der Waals surface area (Å²) in [6.45, 7) is 3.62. The maximum absolute atomic E-state index is 12.0. The van der Waals surface area contributed by atoms with E-state index in [1.807, 2.05) is 11.8 Å². The van der Waals surface area contributed by atoms with Crippen LogP contribution in [0.2, 0.25) is 0 Å². The third-order valence-electron chi connectivity index (χ3n) is 3.02. The number of rotatable bonds is 3. The zero-order valence-corrected chi connectivity index (χ0v) is 10.8. The van der Waals surface area contributed by atoms with Crippen LogP contribution in [0.4, 0.5) is 0 Å². The van der Waals surface area contributed by atoms with Crippen LogP contribution in [-0.4, -0.2) is 49.1 Å². The lowest BCUT2D eigenvalue weighted by Crippen LogP contribution is -2.27. The van der Waals surface area contributed by atoms with Crippen molar-refractivity contribution in [3.05, 3.63) is 12.5 Å². The third-order valence-corrected chi connectivity index (χ3v) is 4.16. The average Bonchev–Trinajstić information content (AvgIpc) is 2.94. The smallest absolute Gasteiger partial charge is 0.236 e. The Morgan fingerprint density at radius 3 is 3.22 bits per heavy atom. The van der Waals surface area contributed by atoms with E-state index in [1.54, 1.807) is 6.20 Å². The lowest BCUT2D eigenvalue weighted by molar-refractivity contribution is -0.127. The number of hydrogen-bond donors (Lipinski definition) is 1. The van der Waals surface area contributed by atoms with E-state index in [0.717, 1.165) is 30.2 Å². The molecule has 1 aliphatic heterocycles. The number of imidazole rings is 1. The summed E-state index contributed by atoms with van der Waals surface area (Å²) in [5.41, 5.74) is 1.45. The van der Waals surface area contributed by atoms with Gasteiger partial charge in [-0.2, -0.15) is 0 Å². The molecule has 0 saturated carbocycles. The largest absolute Gasteiger partial charge is 0.342 e. The molecule has 0 bridgehead atoms. The van der Waals surface area contributed by atoms with Gasteiger partial charge in [0.2, 0.25) is 5.91 Å². The van der Waals surface area contributed by atoms with E-state index in [0.29, 0.717) is 5.65 Å². The second-order valence-corrected chi connectivity index (χ2v) is 5.31. The van der Waals surface area contributed by atoms with Crippen LogP contribution in [0.25, 0.3) is 11.2 Å². The molecule has 6 nitrogen and oxygen atoms in total. The summed E-state index contributed by atoms with van der Waals surface area (Å²) in [5, 5.41) is 0.709. The molecule has 0 radical (unpaired) electrons. The van der Waals surface area contributed by atoms with Crippen LogP contribution in [0.15, 0.2) is 17.7 Å². The number of carbonyl (C=O) groups excluding carboxylic acids is 1. The Morgan fingerprint density at radius 1 is 1.61 bits per heavy atom. The van der Waals surface area contributed by atoms with Crippen molar-refractivity contribution in [2.75, 3.05) is 13.1 Å². The van der Waals surface area contributed by atoms with Crippen LogP contribution in [0.3, 0.4) is 0 Å². The summed E-state index contributed by atoms with van der Waals surface area (Å²) in [4.78, 5) is 29.3. The van der Waals surface area contributed by atoms with E-state index in [1.165, 1.54) is 18.1 Å². The molecule has 1 unspecified atom stereocenters. The standard InChI is InChI=1S/C11H13N5OS/c1-2-16-4-3-8(10(16)17)18-11-14-7-5-12-6-13-9(7)15-11/h5-6,8H,2-4H2,1H3,(H,12,13,14,15). The minimum atomic E-state index is -0.0292. The van der Waals surface area contributed by atoms with Crippen LogP contribution in [0.1, 0.15) is 13.3 Å². The zero-order valence-electron chi connectivity index (χ0n) is 9.96. The first kappa shape index (κ1) is 11.5. The number of carbonyl (C=O) groups is 1. The number of thioether (sulfide) groups is 1. The summed E-state index contributed by atoms with van der Waals surface area (Å²) < 4.78 is 0. The van der Waals surface area contributed by atoms with Crippen molar-refractivity contribution >= 4 is 28.8 Å². The summed E-state index contributed by atoms with van der Waals surface area (Å²) in [5.74, 6) is 0.203. The van der Waals surface area contributed by atoms with Gasteiger partial charge in [0.15, 0.2) is 10.8 Å². The van der Waals surface area contributed by atoms with Gasteiger partial charge in [-0.3, -0.25) is 4.79 Å². The SMILES string of the molecule is CCN1CCC(Sc2nc3ncncc3[nH]2)C1=O. The minimum Gasteiger partial charge on any atom is -0.342 e. The molecule has 18 heavy (non-hydrogen) atoms. The molecule has 2 aromatic rings. The molecule has 3 rings (SSSR count). The highest BCUT2D eigenvalue weighted by molar-refractivity contribution is 8.00. The van der Waals surface area contributed by atoms with Crippen molar-refractivity contribution in [3.8, 4) is 0 Å². The highest BCUT2D eigenvalue weighted by atomic mass is 32.2. The maximum atomic E-state index is 12.0. The van der Waals surface area contributed by atoms with Crippen LogP contribution < -0.4 is 0 Å². The van der Waals surface area contributed by atoms with Gasteiger partial charge in [-0.05, 0) is 13.3 Å². The fourth-order valence-electron chi connectivity index (χ4n) is 2.06. The molecular formula is C11H13N5OS. The Bertz CT molecular complexity index is 551. The molecule has 1 N–H and O–H groups in total. The first-order chi connectivity index (χ1) is 8.78. The van der Waals surface area contributed by atoms with Gasteiger partial charge in [-0.1, -0.05) is 11.8 Å². The number of nitrogens with one attached hydrogen (secondary N) is 1. The van der Waals surface area contributed by atoms with Crippen LogP contribution in [-0.2, 0) is 4.79 Å². The first-order valence-corrected chi connectivity index (χ1v) is 6.77. The maximum Gasteiger partial charge on any atom is 0.236 e. The molecular weight excluding hydrogens is 250 g/mol. The Morgan fingerprint density at radius 2 is 2.50 bits per heavy atom. The van der Waals surface area contributed by atoms with Gasteiger partial charge in [-0.15, -0.1) is 0 Å². The summed E-state index contributed by atoms with van der Waals surface area (Å²) in [6.07, 6.45) is 4.03. The topological polar surface area (TPSA) is 74.8 Å². The lowest BCUT2D eigenvalue weighted by atomic mass is 10.4. The molecule has 0 aliphatic carbocycles. The second-order valence-electron chi connectivity index (χ2n) is 4.12. The summed E-state index contributed by atoms with van der Waals surface area (Å²) in [7, 11) is 0. The predicted octanol–water partition coefficient (Wildman–Crippen LogP) is 1.07. The Hall–Kier alpha value is -1.63. The summed E-state index contributed by atoms with van der Waals surface area (Å²) >= 11 is 1.48. The molecule has 1 fully saturated rings. The van der Waals surface area contributed by atoms with Crippen LogP contribution in [0.5, 0.6) is 0 Å². The van der Waals surface area contributed by atoms with Crippen LogP contribution in [0, 0.1) is 0 Å². The number of aromatic amines is 1. The van der Waals surface area contributed by atoms with Gasteiger partial charge in [-0.25, -0.2) is 15.0 Å². The number of amides is 1. The molecule has 7 heteroatoms. The number of likely N-dealkylation sites (tertiary alicyclic amines) is 1. The van der Waals surface area contributed by atoms with Crippen molar-refractivity contribution in [1.82, 2.24) is 24.8 Å². The van der Waals surface area contributed by atoms with E-state index in [2.05, 4.69) is 19.9 Å². The number of nitrogens with zero attached hydrogens (tertiary/aromatic N) is 4. The number of hydrogen-bond acceptors (Lipinski definition) is 5. The van der Waals surface area contributed by atoms with Gasteiger partial charge in [0.25, 0.3) is 0 Å². The molecule has 1 amide bonds. The van der Waals surface area contributed by atoms with E-state index in [4.69, 9.17) is 0 Å². The number of aromatic nitrogens is 4. The summed E-state index contributed by atoms with van der Waals surface area (Å²) in [6, 6.07) is 0. The Balaban J connectivity index is 1.78. The second kappa shape index (κ2) is 4.56. The van der Waals surface area contributed by atoms with E-state index < -0.39 is 0 Å². The number of fused-ring (bicyclic) bond motifs is 1. The van der Waals surface area contributed by atoms with Crippen molar-refractivity contribution in [1.29, 1.82) is 0 Å². The highest BCUT2D eigenvalue weighted by Crippen LogP contribution is 2.29. The first-order valence-electron chi connectivity index (χ1n) is 5.89. The predicted molar refractivity (Wildman–Crippen MR) is 68.2 cm³/mol. The molecule has 2 aromatic heterocycles. The fraction of sp³-hybridized carbons (Fsp3) is 0.455. The molecule has 1 aliphatic rings. The van der Waals surface area contributed by atoms with Gasteiger partial charge < -0.3 is 9.88 Å². The molecule has 0 spiro atoms. The quantitative estimate of drug-likeness (QED) is 0.896. The van der Waals surface area contributed by atoms with E-state index in [9.17, 15) is 4.79 Å². The van der Waals surface area contributed by atoms with E-state index in [-0.39, 0.29) is 11.2 Å².